The van der Waals surface area contributed by atoms with Gasteiger partial charge in [0.15, 0.2) is 0 Å². The molecule has 3 unspecified atom stereocenters. The lowest BCUT2D eigenvalue weighted by molar-refractivity contribution is 0.0551. The number of hydrogen-bond acceptors (Lipinski definition) is 3. The maximum atomic E-state index is 5.80. The monoisotopic (exact) mass is 226 g/mol. The quantitative estimate of drug-likeness (QED) is 0.771. The van der Waals surface area contributed by atoms with Gasteiger partial charge in [-0.25, -0.2) is 0 Å². The van der Waals surface area contributed by atoms with Gasteiger partial charge in [-0.1, -0.05) is 6.92 Å². The first-order valence-electron chi connectivity index (χ1n) is 6.89. The van der Waals surface area contributed by atoms with Crippen LogP contribution in [0.4, 0.5) is 0 Å². The Morgan fingerprint density at radius 3 is 2.81 bits per heavy atom. The summed E-state index contributed by atoms with van der Waals surface area (Å²) in [6.07, 6.45) is 6.14. The molecular weight excluding hydrogens is 200 g/mol. The highest BCUT2D eigenvalue weighted by molar-refractivity contribution is 4.81. The molecule has 16 heavy (non-hydrogen) atoms. The summed E-state index contributed by atoms with van der Waals surface area (Å²) >= 11 is 0. The van der Waals surface area contributed by atoms with Gasteiger partial charge in [-0.3, -0.25) is 4.90 Å². The molecule has 0 saturated carbocycles. The van der Waals surface area contributed by atoms with Crippen molar-refractivity contribution in [2.45, 2.75) is 57.8 Å². The Kier molecular flexibility index (Phi) is 4.62. The summed E-state index contributed by atoms with van der Waals surface area (Å²) in [6, 6.07) is 0.767. The molecule has 2 aliphatic rings. The summed E-state index contributed by atoms with van der Waals surface area (Å²) < 4.78 is 5.80. The van der Waals surface area contributed by atoms with Gasteiger partial charge >= 0.3 is 0 Å². The van der Waals surface area contributed by atoms with Crippen molar-refractivity contribution in [1.82, 2.24) is 10.2 Å². The van der Waals surface area contributed by atoms with E-state index in [0.717, 1.165) is 19.1 Å². The number of likely N-dealkylation sites (N-methyl/N-ethyl adjacent to an activating group) is 1. The first-order valence-corrected chi connectivity index (χ1v) is 6.89. The molecule has 0 aliphatic carbocycles. The van der Waals surface area contributed by atoms with Crippen LogP contribution in [0.3, 0.4) is 0 Å². The maximum Gasteiger partial charge on any atom is 0.0704 e. The molecule has 0 spiro atoms. The Balaban J connectivity index is 1.60. The number of ether oxygens (including phenoxy) is 1. The molecule has 3 heteroatoms. The Labute approximate surface area is 99.5 Å². The first kappa shape index (κ1) is 12.3. The van der Waals surface area contributed by atoms with Crippen LogP contribution >= 0.6 is 0 Å². The third kappa shape index (κ3) is 3.19. The van der Waals surface area contributed by atoms with Crippen LogP contribution in [0, 0.1) is 0 Å². The minimum absolute atomic E-state index is 0.464. The zero-order valence-electron chi connectivity index (χ0n) is 10.7. The second kappa shape index (κ2) is 5.99. The molecule has 0 radical (unpaired) electrons. The zero-order valence-corrected chi connectivity index (χ0v) is 10.7. The molecule has 0 bridgehead atoms. The number of likely N-dealkylation sites (tertiary alicyclic amines) is 1. The fourth-order valence-corrected chi connectivity index (χ4v) is 2.99. The summed E-state index contributed by atoms with van der Waals surface area (Å²) in [4.78, 5) is 2.59. The fourth-order valence-electron chi connectivity index (χ4n) is 2.99. The predicted molar refractivity (Wildman–Crippen MR) is 66.7 cm³/mol. The summed E-state index contributed by atoms with van der Waals surface area (Å²) in [5.41, 5.74) is 0. The summed E-state index contributed by atoms with van der Waals surface area (Å²) in [7, 11) is 0. The smallest absolute Gasteiger partial charge is 0.0704 e. The highest BCUT2D eigenvalue weighted by Gasteiger charge is 2.24. The molecule has 2 aliphatic heterocycles. The van der Waals surface area contributed by atoms with Crippen LogP contribution in [0.5, 0.6) is 0 Å². The standard InChI is InChI=1S/C13H26N2O/c1-3-15-8-4-5-12(15)9-14-10-13-7-6-11(2)16-13/h11-14H,3-10H2,1-2H3. The molecule has 0 aromatic carbocycles. The van der Waals surface area contributed by atoms with E-state index in [1.54, 1.807) is 0 Å². The molecule has 0 aromatic heterocycles. The Hall–Kier alpha value is -0.120. The van der Waals surface area contributed by atoms with Crippen molar-refractivity contribution in [3.63, 3.8) is 0 Å². The van der Waals surface area contributed by atoms with E-state index in [1.165, 1.54) is 38.8 Å². The Morgan fingerprint density at radius 1 is 1.25 bits per heavy atom. The van der Waals surface area contributed by atoms with Crippen LogP contribution in [-0.4, -0.2) is 49.3 Å². The molecule has 3 nitrogen and oxygen atoms in total. The zero-order chi connectivity index (χ0) is 11.4. The normalized spacial score (nSPS) is 36.0. The molecule has 2 heterocycles. The second-order valence-electron chi connectivity index (χ2n) is 5.23. The second-order valence-corrected chi connectivity index (χ2v) is 5.23. The molecule has 3 atom stereocenters. The van der Waals surface area contributed by atoms with Crippen molar-refractivity contribution >= 4 is 0 Å². The molecule has 0 aromatic rings. The minimum atomic E-state index is 0.464. The van der Waals surface area contributed by atoms with Crippen LogP contribution in [0.25, 0.3) is 0 Å². The molecule has 2 rings (SSSR count). The van der Waals surface area contributed by atoms with Gasteiger partial charge in [0.1, 0.15) is 0 Å². The van der Waals surface area contributed by atoms with Gasteiger partial charge in [-0.2, -0.15) is 0 Å². The van der Waals surface area contributed by atoms with Crippen LogP contribution in [-0.2, 0) is 4.74 Å². The van der Waals surface area contributed by atoms with E-state index in [9.17, 15) is 0 Å². The summed E-state index contributed by atoms with van der Waals surface area (Å²) in [6.45, 7) is 9.11. The molecule has 94 valence electrons. The lowest BCUT2D eigenvalue weighted by Gasteiger charge is -2.23. The minimum Gasteiger partial charge on any atom is -0.374 e. The molecule has 1 N–H and O–H groups in total. The van der Waals surface area contributed by atoms with Crippen LogP contribution in [0.2, 0.25) is 0 Å². The van der Waals surface area contributed by atoms with Crippen LogP contribution in [0.15, 0.2) is 0 Å². The van der Waals surface area contributed by atoms with Crippen molar-refractivity contribution in [3.05, 3.63) is 0 Å². The first-order chi connectivity index (χ1) is 7.79. The third-order valence-corrected chi connectivity index (χ3v) is 3.98. The molecule has 2 fully saturated rings. The van der Waals surface area contributed by atoms with Gasteiger partial charge in [0.25, 0.3) is 0 Å². The van der Waals surface area contributed by atoms with Crippen molar-refractivity contribution < 1.29 is 4.74 Å². The van der Waals surface area contributed by atoms with Gasteiger partial charge in [0.2, 0.25) is 0 Å². The third-order valence-electron chi connectivity index (χ3n) is 3.98. The van der Waals surface area contributed by atoms with E-state index < -0.39 is 0 Å². The average Bonchev–Trinajstić information content (AvgIpc) is 2.87. The van der Waals surface area contributed by atoms with Gasteiger partial charge < -0.3 is 10.1 Å². The van der Waals surface area contributed by atoms with E-state index in [0.29, 0.717) is 12.2 Å². The average molecular weight is 226 g/mol. The summed E-state index contributed by atoms with van der Waals surface area (Å²) in [5.74, 6) is 0. The lowest BCUT2D eigenvalue weighted by atomic mass is 10.2. The van der Waals surface area contributed by atoms with Gasteiger partial charge in [-0.05, 0) is 45.7 Å². The van der Waals surface area contributed by atoms with Crippen molar-refractivity contribution in [3.8, 4) is 0 Å². The van der Waals surface area contributed by atoms with Gasteiger partial charge in [0.05, 0.1) is 12.2 Å². The number of hydrogen-bond donors (Lipinski definition) is 1. The topological polar surface area (TPSA) is 24.5 Å². The van der Waals surface area contributed by atoms with Crippen molar-refractivity contribution in [2.75, 3.05) is 26.2 Å². The Morgan fingerprint density at radius 2 is 2.12 bits per heavy atom. The SMILES string of the molecule is CCN1CCCC1CNCC1CCC(C)O1. The number of rotatable bonds is 5. The highest BCUT2D eigenvalue weighted by atomic mass is 16.5. The fraction of sp³-hybridized carbons (Fsp3) is 1.00. The Bertz CT molecular complexity index is 210. The van der Waals surface area contributed by atoms with Crippen molar-refractivity contribution in [1.29, 1.82) is 0 Å². The summed E-state index contributed by atoms with van der Waals surface area (Å²) in [5, 5.41) is 3.59. The van der Waals surface area contributed by atoms with Gasteiger partial charge in [0, 0.05) is 19.1 Å². The largest absolute Gasteiger partial charge is 0.374 e. The van der Waals surface area contributed by atoms with Crippen LogP contribution < -0.4 is 5.32 Å². The highest BCUT2D eigenvalue weighted by Crippen LogP contribution is 2.19. The van der Waals surface area contributed by atoms with E-state index in [4.69, 9.17) is 4.74 Å². The lowest BCUT2D eigenvalue weighted by Crippen LogP contribution is -2.40. The van der Waals surface area contributed by atoms with Crippen LogP contribution in [0.1, 0.15) is 39.5 Å². The van der Waals surface area contributed by atoms with E-state index in [2.05, 4.69) is 24.1 Å². The van der Waals surface area contributed by atoms with E-state index in [-0.39, 0.29) is 0 Å². The number of nitrogens with zero attached hydrogens (tertiary/aromatic N) is 1. The molecular formula is C13H26N2O. The van der Waals surface area contributed by atoms with Gasteiger partial charge in [-0.15, -0.1) is 0 Å². The molecule has 0 amide bonds. The number of nitrogens with one attached hydrogen (secondary N) is 1. The molecule has 2 saturated heterocycles. The predicted octanol–water partition coefficient (Wildman–Crippen LogP) is 1.63. The van der Waals surface area contributed by atoms with Crippen molar-refractivity contribution in [2.24, 2.45) is 0 Å². The maximum absolute atomic E-state index is 5.80. The van der Waals surface area contributed by atoms with E-state index in [1.807, 2.05) is 0 Å². The van der Waals surface area contributed by atoms with E-state index >= 15 is 0 Å².